The number of aromatic nitrogens is 8. The van der Waals surface area contributed by atoms with Gasteiger partial charge in [-0.15, -0.1) is 5.10 Å². The minimum Gasteiger partial charge on any atom is -0.401 e. The summed E-state index contributed by atoms with van der Waals surface area (Å²) in [7, 11) is 0. The maximum atomic E-state index is 6.32. The Hall–Kier alpha value is -3.79. The summed E-state index contributed by atoms with van der Waals surface area (Å²) >= 11 is 6.32. The van der Waals surface area contributed by atoms with E-state index in [4.69, 9.17) is 21.1 Å². The average molecular weight is 420 g/mol. The zero-order chi connectivity index (χ0) is 20.1. The van der Waals surface area contributed by atoms with Gasteiger partial charge in [0.1, 0.15) is 16.9 Å². The molecule has 5 aromatic heterocycles. The molecule has 0 saturated heterocycles. The van der Waals surface area contributed by atoms with Gasteiger partial charge in [-0.25, -0.2) is 14.5 Å². The molecule has 30 heavy (non-hydrogen) atoms. The van der Waals surface area contributed by atoms with Gasteiger partial charge in [-0.1, -0.05) is 22.8 Å². The Balaban J connectivity index is 1.46. The molecule has 0 spiro atoms. The topological polar surface area (TPSA) is 114 Å². The van der Waals surface area contributed by atoms with Gasteiger partial charge in [-0.2, -0.15) is 5.10 Å². The molecule has 148 valence electrons. The van der Waals surface area contributed by atoms with Crippen molar-refractivity contribution >= 4 is 23.1 Å². The van der Waals surface area contributed by atoms with Crippen LogP contribution in [0.15, 0.2) is 53.6 Å². The molecule has 0 bridgehead atoms. The zero-order valence-electron chi connectivity index (χ0n) is 15.5. The van der Waals surface area contributed by atoms with Crippen molar-refractivity contribution in [2.75, 3.05) is 11.4 Å². The van der Waals surface area contributed by atoms with Crippen molar-refractivity contribution in [1.29, 1.82) is 0 Å². The van der Waals surface area contributed by atoms with Gasteiger partial charge in [0.15, 0.2) is 0 Å². The predicted octanol–water partition coefficient (Wildman–Crippen LogP) is 2.70. The van der Waals surface area contributed by atoms with Crippen molar-refractivity contribution in [3.63, 3.8) is 0 Å². The summed E-state index contributed by atoms with van der Waals surface area (Å²) in [6.07, 6.45) is 7.22. The van der Waals surface area contributed by atoms with Crippen molar-refractivity contribution in [2.24, 2.45) is 0 Å². The number of nitrogens with one attached hydrogen (secondary N) is 1. The van der Waals surface area contributed by atoms with E-state index in [2.05, 4.69) is 30.1 Å². The quantitative estimate of drug-likeness (QED) is 0.444. The molecular weight excluding hydrogens is 406 g/mol. The zero-order valence-corrected chi connectivity index (χ0v) is 16.2. The number of nitrogens with zero attached hydrogens (tertiary/aromatic N) is 8. The lowest BCUT2D eigenvalue weighted by Gasteiger charge is -2.32. The number of H-pyrrole nitrogens is 1. The number of halogens is 1. The fourth-order valence-electron chi connectivity index (χ4n) is 3.76. The molecule has 0 aliphatic carbocycles. The van der Waals surface area contributed by atoms with E-state index in [1.807, 2.05) is 23.1 Å². The van der Waals surface area contributed by atoms with Gasteiger partial charge in [0.25, 0.3) is 5.89 Å². The lowest BCUT2D eigenvalue weighted by Crippen LogP contribution is -2.36. The molecule has 11 heteroatoms. The van der Waals surface area contributed by atoms with Gasteiger partial charge < -0.3 is 14.3 Å². The van der Waals surface area contributed by atoms with Crippen LogP contribution in [0.3, 0.4) is 0 Å². The lowest BCUT2D eigenvalue weighted by atomic mass is 10.0. The Bertz CT molecular complexity index is 1340. The van der Waals surface area contributed by atoms with Crippen LogP contribution in [0.25, 0.3) is 17.1 Å². The Morgan fingerprint density at radius 2 is 2.13 bits per heavy atom. The number of aromatic amines is 1. The van der Waals surface area contributed by atoms with Gasteiger partial charge in [0, 0.05) is 31.1 Å². The van der Waals surface area contributed by atoms with Crippen molar-refractivity contribution in [3.05, 3.63) is 71.4 Å². The van der Waals surface area contributed by atoms with Crippen LogP contribution in [-0.2, 0) is 6.42 Å². The highest BCUT2D eigenvalue weighted by Crippen LogP contribution is 2.37. The standard InChI is InChI=1S/C19H14ClN9O/c20-15-3-1-2-11-8-13(27-29(11)15)17-16-12(23-10-24-16)4-7-28(17)19-26-25-18(30-19)14-9-21-5-6-22-14/h1-3,5-6,8-10,17H,4,7H2,(H,23,24). The third kappa shape index (κ3) is 2.65. The third-order valence-corrected chi connectivity index (χ3v) is 5.39. The van der Waals surface area contributed by atoms with E-state index in [-0.39, 0.29) is 6.04 Å². The minimum absolute atomic E-state index is 0.300. The van der Waals surface area contributed by atoms with E-state index in [0.29, 0.717) is 29.3 Å². The summed E-state index contributed by atoms with van der Waals surface area (Å²) in [4.78, 5) is 18.1. The number of pyridine rings is 1. The van der Waals surface area contributed by atoms with E-state index >= 15 is 0 Å². The molecule has 10 nitrogen and oxygen atoms in total. The fourth-order valence-corrected chi connectivity index (χ4v) is 3.97. The van der Waals surface area contributed by atoms with Crippen LogP contribution in [0.5, 0.6) is 0 Å². The smallest absolute Gasteiger partial charge is 0.319 e. The minimum atomic E-state index is -0.300. The summed E-state index contributed by atoms with van der Waals surface area (Å²) in [5.41, 5.74) is 4.14. The van der Waals surface area contributed by atoms with Crippen LogP contribution in [0, 0.1) is 0 Å². The Morgan fingerprint density at radius 1 is 1.17 bits per heavy atom. The third-order valence-electron chi connectivity index (χ3n) is 5.11. The highest BCUT2D eigenvalue weighted by Gasteiger charge is 2.36. The molecule has 1 aliphatic rings. The molecule has 0 radical (unpaired) electrons. The summed E-state index contributed by atoms with van der Waals surface area (Å²) < 4.78 is 7.66. The van der Waals surface area contributed by atoms with Crippen molar-refractivity contribution in [3.8, 4) is 11.6 Å². The van der Waals surface area contributed by atoms with Crippen LogP contribution in [0.2, 0.25) is 5.15 Å². The van der Waals surface area contributed by atoms with Crippen LogP contribution in [0.4, 0.5) is 6.01 Å². The first-order valence-corrected chi connectivity index (χ1v) is 9.68. The molecular formula is C19H14ClN9O. The molecule has 0 amide bonds. The number of hydrogen-bond donors (Lipinski definition) is 1. The van der Waals surface area contributed by atoms with E-state index in [0.717, 1.165) is 29.0 Å². The first kappa shape index (κ1) is 17.1. The average Bonchev–Trinajstić information content (AvgIpc) is 3.52. The van der Waals surface area contributed by atoms with Crippen molar-refractivity contribution in [1.82, 2.24) is 39.7 Å². The lowest BCUT2D eigenvalue weighted by molar-refractivity contribution is 0.502. The van der Waals surface area contributed by atoms with E-state index < -0.39 is 0 Å². The van der Waals surface area contributed by atoms with E-state index in [1.165, 1.54) is 0 Å². The summed E-state index contributed by atoms with van der Waals surface area (Å²) in [5.74, 6) is 0.308. The second-order valence-corrected chi connectivity index (χ2v) is 7.23. The largest absolute Gasteiger partial charge is 0.401 e. The number of imidazole rings is 1. The summed E-state index contributed by atoms with van der Waals surface area (Å²) in [6.45, 7) is 0.656. The highest BCUT2D eigenvalue weighted by atomic mass is 35.5. The first-order valence-electron chi connectivity index (χ1n) is 9.31. The van der Waals surface area contributed by atoms with E-state index in [1.54, 1.807) is 35.5 Å². The first-order chi connectivity index (χ1) is 14.8. The second kappa shape index (κ2) is 6.63. The van der Waals surface area contributed by atoms with Gasteiger partial charge in [0.05, 0.1) is 29.4 Å². The molecule has 1 atom stereocenters. The SMILES string of the molecule is Clc1cccc2cc(C3c4nc[nH]c4CCN3c3nnc(-c4cnccn4)o3)nn12. The second-order valence-electron chi connectivity index (χ2n) is 6.85. The summed E-state index contributed by atoms with van der Waals surface area (Å²) in [5, 5.41) is 13.7. The van der Waals surface area contributed by atoms with E-state index in [9.17, 15) is 0 Å². The monoisotopic (exact) mass is 419 g/mol. The number of anilines is 1. The molecule has 1 aliphatic heterocycles. The molecule has 5 aromatic rings. The molecule has 1 N–H and O–H groups in total. The van der Waals surface area contributed by atoms with Crippen LogP contribution in [-0.4, -0.2) is 46.3 Å². The van der Waals surface area contributed by atoms with Crippen molar-refractivity contribution < 1.29 is 4.42 Å². The molecule has 6 heterocycles. The van der Waals surface area contributed by atoms with Gasteiger partial charge in [-0.05, 0) is 18.2 Å². The van der Waals surface area contributed by atoms with Crippen molar-refractivity contribution in [2.45, 2.75) is 12.5 Å². The molecule has 1 unspecified atom stereocenters. The normalized spacial score (nSPS) is 16.2. The number of fused-ring (bicyclic) bond motifs is 2. The Kier molecular flexibility index (Phi) is 3.78. The maximum Gasteiger partial charge on any atom is 0.319 e. The number of rotatable bonds is 3. The van der Waals surface area contributed by atoms with Gasteiger partial charge in [-0.3, -0.25) is 4.98 Å². The maximum absolute atomic E-state index is 6.32. The molecule has 0 aromatic carbocycles. The molecule has 0 fully saturated rings. The van der Waals surface area contributed by atoms with Crippen LogP contribution >= 0.6 is 11.6 Å². The predicted molar refractivity (Wildman–Crippen MR) is 107 cm³/mol. The Morgan fingerprint density at radius 3 is 3.00 bits per heavy atom. The van der Waals surface area contributed by atoms with Gasteiger partial charge >= 0.3 is 6.01 Å². The van der Waals surface area contributed by atoms with Crippen LogP contribution in [0.1, 0.15) is 23.1 Å². The fraction of sp³-hybridized carbons (Fsp3) is 0.158. The van der Waals surface area contributed by atoms with Gasteiger partial charge in [0.2, 0.25) is 0 Å². The number of hydrogen-bond acceptors (Lipinski definition) is 8. The molecule has 6 rings (SSSR count). The molecule has 0 saturated carbocycles. The summed E-state index contributed by atoms with van der Waals surface area (Å²) in [6, 6.07) is 7.72. The highest BCUT2D eigenvalue weighted by molar-refractivity contribution is 6.29. The Labute approximate surface area is 174 Å². The van der Waals surface area contributed by atoms with Crippen LogP contribution < -0.4 is 4.90 Å².